The molecule has 0 radical (unpaired) electrons. The predicted octanol–water partition coefficient (Wildman–Crippen LogP) is 7.05. The highest BCUT2D eigenvalue weighted by molar-refractivity contribution is 7.89. The number of amides is 2. The van der Waals surface area contributed by atoms with Crippen molar-refractivity contribution in [1.82, 2.24) is 9.21 Å². The number of halogens is 3. The van der Waals surface area contributed by atoms with Crippen molar-refractivity contribution in [2.45, 2.75) is 30.6 Å². The Morgan fingerprint density at radius 2 is 1.57 bits per heavy atom. The third kappa shape index (κ3) is 8.66. The zero-order chi connectivity index (χ0) is 31.1. The Bertz CT molecular complexity index is 1510. The molecule has 3 aromatic carbocycles. The molecule has 2 aliphatic rings. The second-order valence-electron chi connectivity index (χ2n) is 11.2. The van der Waals surface area contributed by atoms with Crippen molar-refractivity contribution in [1.29, 1.82) is 0 Å². The molecule has 0 bridgehead atoms. The van der Waals surface area contributed by atoms with Gasteiger partial charge in [0.25, 0.3) is 0 Å². The lowest BCUT2D eigenvalue weighted by atomic mass is 9.90. The number of hydrogen-bond acceptors (Lipinski definition) is 5. The molecule has 0 unspecified atom stereocenters. The molecule has 44 heavy (non-hydrogen) atoms. The number of sulfonamides is 1. The van der Waals surface area contributed by atoms with E-state index in [9.17, 15) is 13.2 Å². The normalized spacial score (nSPS) is 17.0. The first-order chi connectivity index (χ1) is 21.2. The molecule has 2 heterocycles. The molecule has 2 fully saturated rings. The largest absolute Gasteiger partial charge is 0.379 e. The number of anilines is 2. The molecule has 2 aliphatic heterocycles. The van der Waals surface area contributed by atoms with Crippen LogP contribution in [-0.2, 0) is 21.2 Å². The number of benzene rings is 3. The van der Waals surface area contributed by atoms with Crippen molar-refractivity contribution in [2.75, 3.05) is 62.7 Å². The number of likely N-dealkylation sites (tertiary alicyclic amines) is 1. The molecular weight excluding hydrogens is 643 g/mol. The molecular formula is C32H37Cl3N4O4S. The Kier molecular flexibility index (Phi) is 11.5. The van der Waals surface area contributed by atoms with Crippen LogP contribution in [0.4, 0.5) is 16.2 Å². The van der Waals surface area contributed by atoms with Gasteiger partial charge in [0.1, 0.15) is 0 Å². The van der Waals surface area contributed by atoms with Crippen molar-refractivity contribution in [3.63, 3.8) is 0 Å². The Morgan fingerprint density at radius 1 is 0.886 bits per heavy atom. The van der Waals surface area contributed by atoms with Gasteiger partial charge < -0.3 is 15.0 Å². The van der Waals surface area contributed by atoms with Crippen molar-refractivity contribution in [2.24, 2.45) is 5.92 Å². The van der Waals surface area contributed by atoms with Crippen molar-refractivity contribution in [3.05, 3.63) is 87.4 Å². The Morgan fingerprint density at radius 3 is 2.23 bits per heavy atom. The third-order valence-corrected chi connectivity index (χ3v) is 11.1. The van der Waals surface area contributed by atoms with Crippen LogP contribution in [0.3, 0.4) is 0 Å². The minimum atomic E-state index is -3.48. The minimum Gasteiger partial charge on any atom is -0.379 e. The summed E-state index contributed by atoms with van der Waals surface area (Å²) in [7, 11) is -3.48. The number of ether oxygens (including phenoxy) is 1. The number of hydrogen-bond donors (Lipinski definition) is 1. The minimum absolute atomic E-state index is 0.256. The molecule has 0 aromatic heterocycles. The molecule has 0 spiro atoms. The van der Waals surface area contributed by atoms with Crippen LogP contribution in [0.1, 0.15) is 24.8 Å². The molecule has 2 saturated heterocycles. The van der Waals surface area contributed by atoms with Gasteiger partial charge in [-0.2, -0.15) is 4.31 Å². The molecule has 0 saturated carbocycles. The standard InChI is InChI=1S/C32H37Cl3N4O4S/c33-26-4-6-27(7-5-26)36-32(40)39(28-8-11-30(34)31(35)23-28)15-1-14-37-16-12-25(13-17-37)22-24-2-9-29(10-3-24)44(41,42)38-18-20-43-21-19-38/h2-11,23,25H,1,12-22H2,(H,36,40). The Balaban J connectivity index is 1.11. The van der Waals surface area contributed by atoms with Gasteiger partial charge in [-0.1, -0.05) is 46.9 Å². The molecule has 5 rings (SSSR count). The van der Waals surface area contributed by atoms with Gasteiger partial charge in [-0.05, 0) is 111 Å². The predicted molar refractivity (Wildman–Crippen MR) is 178 cm³/mol. The summed E-state index contributed by atoms with van der Waals surface area (Å²) in [6.45, 7) is 5.01. The second kappa shape index (κ2) is 15.3. The van der Waals surface area contributed by atoms with Gasteiger partial charge in [-0.25, -0.2) is 13.2 Å². The van der Waals surface area contributed by atoms with E-state index in [4.69, 9.17) is 39.5 Å². The SMILES string of the molecule is O=C(Nc1ccc(Cl)cc1)N(CCCN1CCC(Cc2ccc(S(=O)(=O)N3CCOCC3)cc2)CC1)c1ccc(Cl)c(Cl)c1. The molecule has 0 aliphatic carbocycles. The second-order valence-corrected chi connectivity index (χ2v) is 14.4. The lowest BCUT2D eigenvalue weighted by molar-refractivity contribution is 0.0730. The fourth-order valence-electron chi connectivity index (χ4n) is 5.66. The maximum absolute atomic E-state index is 13.3. The fourth-order valence-corrected chi connectivity index (χ4v) is 7.48. The zero-order valence-electron chi connectivity index (χ0n) is 24.4. The Labute approximate surface area is 274 Å². The maximum atomic E-state index is 13.3. The van der Waals surface area contributed by atoms with Crippen LogP contribution in [0.25, 0.3) is 0 Å². The van der Waals surface area contributed by atoms with E-state index in [2.05, 4.69) is 10.2 Å². The summed E-state index contributed by atoms with van der Waals surface area (Å²) in [4.78, 5) is 17.8. The number of carbonyl (C=O) groups is 1. The van der Waals surface area contributed by atoms with Gasteiger partial charge in [0.15, 0.2) is 0 Å². The summed E-state index contributed by atoms with van der Waals surface area (Å²) in [5.74, 6) is 0.547. The lowest BCUT2D eigenvalue weighted by Crippen LogP contribution is -2.40. The van der Waals surface area contributed by atoms with Crippen LogP contribution in [0, 0.1) is 5.92 Å². The van der Waals surface area contributed by atoms with Crippen molar-refractivity contribution < 1.29 is 17.9 Å². The van der Waals surface area contributed by atoms with Crippen LogP contribution < -0.4 is 10.2 Å². The summed E-state index contributed by atoms with van der Waals surface area (Å²) in [5.41, 5.74) is 2.49. The highest BCUT2D eigenvalue weighted by Crippen LogP contribution is 2.29. The van der Waals surface area contributed by atoms with E-state index in [1.807, 2.05) is 12.1 Å². The topological polar surface area (TPSA) is 82.2 Å². The van der Waals surface area contributed by atoms with Crippen molar-refractivity contribution in [3.8, 4) is 0 Å². The fraction of sp³-hybridized carbons (Fsp3) is 0.406. The number of urea groups is 1. The molecule has 1 N–H and O–H groups in total. The van der Waals surface area contributed by atoms with Crippen LogP contribution in [0.5, 0.6) is 0 Å². The number of piperidine rings is 1. The average molecular weight is 680 g/mol. The number of morpholine rings is 1. The van der Waals surface area contributed by atoms with Crippen LogP contribution in [-0.4, -0.2) is 76.1 Å². The number of rotatable bonds is 10. The summed E-state index contributed by atoms with van der Waals surface area (Å²) in [6, 6.07) is 19.3. The molecule has 236 valence electrons. The highest BCUT2D eigenvalue weighted by atomic mass is 35.5. The lowest BCUT2D eigenvalue weighted by Gasteiger charge is -2.33. The molecule has 2 amide bonds. The van der Waals surface area contributed by atoms with E-state index in [-0.39, 0.29) is 6.03 Å². The maximum Gasteiger partial charge on any atom is 0.326 e. The van der Waals surface area contributed by atoms with Gasteiger partial charge in [0, 0.05) is 36.0 Å². The number of carbonyl (C=O) groups excluding carboxylic acids is 1. The monoisotopic (exact) mass is 678 g/mol. The summed E-state index contributed by atoms with van der Waals surface area (Å²) < 4.78 is 32.6. The zero-order valence-corrected chi connectivity index (χ0v) is 27.5. The van der Waals surface area contributed by atoms with E-state index in [0.717, 1.165) is 50.9 Å². The van der Waals surface area contributed by atoms with Gasteiger partial charge in [0.2, 0.25) is 10.0 Å². The van der Waals surface area contributed by atoms with E-state index in [0.29, 0.717) is 70.1 Å². The van der Waals surface area contributed by atoms with Crippen molar-refractivity contribution >= 4 is 62.2 Å². The van der Waals surface area contributed by atoms with E-state index >= 15 is 0 Å². The smallest absolute Gasteiger partial charge is 0.326 e. The van der Waals surface area contributed by atoms with Crippen LogP contribution in [0.2, 0.25) is 15.1 Å². The van der Waals surface area contributed by atoms with Gasteiger partial charge in [0.05, 0.1) is 28.2 Å². The summed E-state index contributed by atoms with van der Waals surface area (Å²) in [6.07, 6.45) is 3.86. The molecule has 3 aromatic rings. The molecule has 0 atom stereocenters. The summed E-state index contributed by atoms with van der Waals surface area (Å²) >= 11 is 18.4. The Hall–Kier alpha value is -2.37. The van der Waals surface area contributed by atoms with Gasteiger partial charge in [-0.3, -0.25) is 4.90 Å². The average Bonchev–Trinajstić information content (AvgIpc) is 3.03. The first-order valence-corrected chi connectivity index (χ1v) is 17.4. The summed E-state index contributed by atoms with van der Waals surface area (Å²) in [5, 5.41) is 4.37. The van der Waals surface area contributed by atoms with Crippen LogP contribution >= 0.6 is 34.8 Å². The third-order valence-electron chi connectivity index (χ3n) is 8.17. The highest BCUT2D eigenvalue weighted by Gasteiger charge is 2.27. The van der Waals surface area contributed by atoms with E-state index in [1.165, 1.54) is 4.31 Å². The first kappa shape index (κ1) is 33.0. The van der Waals surface area contributed by atoms with Gasteiger partial charge >= 0.3 is 6.03 Å². The number of nitrogens with one attached hydrogen (secondary N) is 1. The first-order valence-electron chi connectivity index (χ1n) is 14.9. The van der Waals surface area contributed by atoms with Gasteiger partial charge in [-0.15, -0.1) is 0 Å². The van der Waals surface area contributed by atoms with Crippen LogP contribution in [0.15, 0.2) is 71.6 Å². The quantitative estimate of drug-likeness (QED) is 0.248. The molecule has 12 heteroatoms. The number of nitrogens with zero attached hydrogens (tertiary/aromatic N) is 3. The van der Waals surface area contributed by atoms with E-state index in [1.54, 1.807) is 59.5 Å². The molecule has 8 nitrogen and oxygen atoms in total. The van der Waals surface area contributed by atoms with E-state index < -0.39 is 10.0 Å².